The van der Waals surface area contributed by atoms with Gasteiger partial charge >= 0.3 is 35.2 Å². The van der Waals surface area contributed by atoms with Gasteiger partial charge in [0, 0.05) is 0 Å². The molecule has 1 aromatic heterocycles. The van der Waals surface area contributed by atoms with Crippen molar-refractivity contribution < 1.29 is 42.5 Å². The SMILES string of the molecule is Cc1cc2[nH]c(=O)[nH]c2cc1S(=O)(=O)[O-].[Na+]. The molecule has 2 aromatic rings. The number of imidazole rings is 1. The Labute approximate surface area is 113 Å². The minimum Gasteiger partial charge on any atom is -0.744 e. The van der Waals surface area contributed by atoms with Gasteiger partial charge < -0.3 is 14.5 Å². The molecule has 0 aliphatic rings. The number of hydrogen-bond acceptors (Lipinski definition) is 4. The van der Waals surface area contributed by atoms with E-state index in [1.54, 1.807) is 0 Å². The van der Waals surface area contributed by atoms with Crippen molar-refractivity contribution in [3.63, 3.8) is 0 Å². The van der Waals surface area contributed by atoms with Crippen molar-refractivity contribution >= 4 is 21.2 Å². The monoisotopic (exact) mass is 250 g/mol. The van der Waals surface area contributed by atoms with Gasteiger partial charge in [-0.25, -0.2) is 13.2 Å². The molecule has 2 N–H and O–H groups in total. The average Bonchev–Trinajstić information content (AvgIpc) is 2.40. The largest absolute Gasteiger partial charge is 1.00 e. The minimum absolute atomic E-state index is 0. The van der Waals surface area contributed by atoms with E-state index in [0.29, 0.717) is 16.6 Å². The topological polar surface area (TPSA) is 106 Å². The fourth-order valence-corrected chi connectivity index (χ4v) is 2.16. The summed E-state index contributed by atoms with van der Waals surface area (Å²) in [6, 6.07) is 2.60. The summed E-state index contributed by atoms with van der Waals surface area (Å²) in [6.07, 6.45) is 0. The summed E-state index contributed by atoms with van der Waals surface area (Å²) >= 11 is 0. The van der Waals surface area contributed by atoms with E-state index in [1.165, 1.54) is 13.0 Å². The molecule has 0 saturated heterocycles. The summed E-state index contributed by atoms with van der Waals surface area (Å²) in [5.41, 5.74) is 0.655. The van der Waals surface area contributed by atoms with Gasteiger partial charge in [-0.3, -0.25) is 0 Å². The van der Waals surface area contributed by atoms with E-state index in [0.717, 1.165) is 6.07 Å². The van der Waals surface area contributed by atoms with Gasteiger partial charge in [-0.15, -0.1) is 0 Å². The van der Waals surface area contributed by atoms with Crippen molar-refractivity contribution in [1.82, 2.24) is 9.97 Å². The predicted octanol–water partition coefficient (Wildman–Crippen LogP) is -2.93. The molecule has 0 aliphatic carbocycles. The van der Waals surface area contributed by atoms with Gasteiger partial charge in [0.2, 0.25) is 0 Å². The van der Waals surface area contributed by atoms with Crippen molar-refractivity contribution in [1.29, 1.82) is 0 Å². The molecule has 16 heavy (non-hydrogen) atoms. The third-order valence-corrected chi connectivity index (χ3v) is 3.06. The number of rotatable bonds is 1. The Morgan fingerprint density at radius 1 is 1.19 bits per heavy atom. The van der Waals surface area contributed by atoms with E-state index in [-0.39, 0.29) is 34.5 Å². The maximum absolute atomic E-state index is 10.9. The van der Waals surface area contributed by atoms with Gasteiger partial charge in [-0.2, -0.15) is 0 Å². The van der Waals surface area contributed by atoms with E-state index in [4.69, 9.17) is 0 Å². The van der Waals surface area contributed by atoms with Gasteiger partial charge in [0.1, 0.15) is 10.1 Å². The van der Waals surface area contributed by atoms with Crippen molar-refractivity contribution in [2.45, 2.75) is 11.8 Å². The molecule has 0 radical (unpaired) electrons. The quantitative estimate of drug-likeness (QED) is 0.417. The zero-order valence-corrected chi connectivity index (χ0v) is 11.5. The fourth-order valence-electron chi connectivity index (χ4n) is 1.44. The molecule has 0 fully saturated rings. The zero-order chi connectivity index (χ0) is 11.2. The number of aromatic amines is 2. The second kappa shape index (κ2) is 4.34. The van der Waals surface area contributed by atoms with Crippen molar-refractivity contribution in [2.24, 2.45) is 0 Å². The Bertz CT molecular complexity index is 686. The molecule has 0 atom stereocenters. The van der Waals surface area contributed by atoms with Gasteiger partial charge in [0.15, 0.2) is 0 Å². The van der Waals surface area contributed by atoms with Crippen LogP contribution in [-0.4, -0.2) is 22.9 Å². The first-order valence-corrected chi connectivity index (χ1v) is 5.47. The van der Waals surface area contributed by atoms with E-state index >= 15 is 0 Å². The molecule has 0 bridgehead atoms. The molecule has 1 aromatic carbocycles. The normalized spacial score (nSPS) is 11.4. The van der Waals surface area contributed by atoms with E-state index in [2.05, 4.69) is 9.97 Å². The molecule has 1 heterocycles. The van der Waals surface area contributed by atoms with Crippen LogP contribution in [0.5, 0.6) is 0 Å². The fraction of sp³-hybridized carbons (Fsp3) is 0.125. The number of aryl methyl sites for hydroxylation is 1. The first kappa shape index (κ1) is 13.5. The Balaban J connectivity index is 0.00000128. The van der Waals surface area contributed by atoms with Crippen LogP contribution in [0.2, 0.25) is 0 Å². The Morgan fingerprint density at radius 3 is 2.19 bits per heavy atom. The van der Waals surface area contributed by atoms with Crippen LogP contribution in [0.3, 0.4) is 0 Å². The van der Waals surface area contributed by atoms with Crippen molar-refractivity contribution in [3.8, 4) is 0 Å². The smallest absolute Gasteiger partial charge is 0.744 e. The first-order chi connectivity index (χ1) is 6.88. The number of benzene rings is 1. The molecule has 6 nitrogen and oxygen atoms in total. The third kappa shape index (κ3) is 2.38. The predicted molar refractivity (Wildman–Crippen MR) is 51.6 cm³/mol. The molecule has 80 valence electrons. The number of aromatic nitrogens is 2. The maximum atomic E-state index is 10.9. The van der Waals surface area contributed by atoms with Crippen LogP contribution in [-0.2, 0) is 10.1 Å². The maximum Gasteiger partial charge on any atom is 1.00 e. The molecular formula is C8H7N2NaO4S. The molecule has 0 unspecified atom stereocenters. The summed E-state index contributed by atoms with van der Waals surface area (Å²) in [7, 11) is -4.50. The molecule has 8 heteroatoms. The van der Waals surface area contributed by atoms with Crippen LogP contribution in [0, 0.1) is 6.92 Å². The summed E-state index contributed by atoms with van der Waals surface area (Å²) in [6.45, 7) is 1.50. The standard InChI is InChI=1S/C8H8N2O4S.Na/c1-4-2-5-6(10-8(11)9-5)3-7(4)15(12,13)14;/h2-3H,1H3,(H2,9,10,11)(H,12,13,14);/q;+1/p-1. The van der Waals surface area contributed by atoms with Crippen LogP contribution in [0.1, 0.15) is 5.56 Å². The molecule has 0 aliphatic heterocycles. The van der Waals surface area contributed by atoms with Crippen LogP contribution < -0.4 is 35.2 Å². The van der Waals surface area contributed by atoms with E-state index in [1.807, 2.05) is 0 Å². The second-order valence-electron chi connectivity index (χ2n) is 3.20. The minimum atomic E-state index is -4.50. The Kier molecular flexibility index (Phi) is 3.65. The average molecular weight is 250 g/mol. The van der Waals surface area contributed by atoms with Gasteiger partial charge in [-0.05, 0) is 24.6 Å². The van der Waals surface area contributed by atoms with Crippen LogP contribution >= 0.6 is 0 Å². The Hall–Kier alpha value is -0.600. The number of fused-ring (bicyclic) bond motifs is 1. The van der Waals surface area contributed by atoms with Gasteiger partial charge in [0.25, 0.3) is 0 Å². The summed E-state index contributed by atoms with van der Waals surface area (Å²) < 4.78 is 32.5. The Morgan fingerprint density at radius 2 is 1.69 bits per heavy atom. The number of nitrogens with one attached hydrogen (secondary N) is 2. The molecular weight excluding hydrogens is 243 g/mol. The van der Waals surface area contributed by atoms with Crippen LogP contribution in [0.15, 0.2) is 21.8 Å². The zero-order valence-electron chi connectivity index (χ0n) is 8.70. The summed E-state index contributed by atoms with van der Waals surface area (Å²) in [5.74, 6) is 0. The molecule has 0 amide bonds. The van der Waals surface area contributed by atoms with Crippen molar-refractivity contribution in [2.75, 3.05) is 0 Å². The van der Waals surface area contributed by atoms with Crippen molar-refractivity contribution in [3.05, 3.63) is 28.2 Å². The number of H-pyrrole nitrogens is 2. The molecule has 0 spiro atoms. The third-order valence-electron chi connectivity index (χ3n) is 2.08. The molecule has 0 saturated carbocycles. The number of hydrogen-bond donors (Lipinski definition) is 2. The van der Waals surface area contributed by atoms with E-state index in [9.17, 15) is 17.8 Å². The van der Waals surface area contributed by atoms with Crippen LogP contribution in [0.25, 0.3) is 11.0 Å². The first-order valence-electron chi connectivity index (χ1n) is 4.06. The van der Waals surface area contributed by atoms with Crippen LogP contribution in [0.4, 0.5) is 0 Å². The molecule has 2 rings (SSSR count). The summed E-state index contributed by atoms with van der Waals surface area (Å²) in [5, 5.41) is 0. The summed E-state index contributed by atoms with van der Waals surface area (Å²) in [4.78, 5) is 15.5. The van der Waals surface area contributed by atoms with E-state index < -0.39 is 15.8 Å². The van der Waals surface area contributed by atoms with Gasteiger partial charge in [-0.1, -0.05) is 0 Å². The second-order valence-corrected chi connectivity index (χ2v) is 4.54. The van der Waals surface area contributed by atoms with Gasteiger partial charge in [0.05, 0.1) is 15.9 Å².